The molecule has 0 fully saturated rings. The van der Waals surface area contributed by atoms with Crippen LogP contribution in [0.3, 0.4) is 0 Å². The number of pyridine rings is 1. The molecule has 18 heavy (non-hydrogen) atoms. The van der Waals surface area contributed by atoms with E-state index in [-0.39, 0.29) is 0 Å². The molecule has 1 aromatic carbocycles. The van der Waals surface area contributed by atoms with Gasteiger partial charge >= 0.3 is 0 Å². The number of nitrogens with zero attached hydrogens (tertiary/aromatic N) is 1. The molecule has 0 bridgehead atoms. The summed E-state index contributed by atoms with van der Waals surface area (Å²) in [6.45, 7) is 4.90. The van der Waals surface area contributed by atoms with Gasteiger partial charge in [-0.1, -0.05) is 31.2 Å². The van der Waals surface area contributed by atoms with E-state index in [2.05, 4.69) is 41.5 Å². The highest BCUT2D eigenvalue weighted by Gasteiger charge is 2.03. The molecule has 0 radical (unpaired) electrons. The Kier molecular flexibility index (Phi) is 3.82. The van der Waals surface area contributed by atoms with Crippen LogP contribution in [-0.2, 0) is 13.0 Å². The molecule has 94 valence electrons. The minimum Gasteiger partial charge on any atom is -0.396 e. The van der Waals surface area contributed by atoms with Crippen molar-refractivity contribution in [3.05, 3.63) is 53.2 Å². The Morgan fingerprint density at radius 3 is 2.61 bits per heavy atom. The first-order chi connectivity index (χ1) is 8.70. The van der Waals surface area contributed by atoms with Crippen LogP contribution in [0.5, 0.6) is 0 Å². The molecular weight excluding hydrogens is 222 g/mol. The molecule has 0 aliphatic rings. The molecule has 0 aliphatic heterocycles. The van der Waals surface area contributed by atoms with Gasteiger partial charge in [0.05, 0.1) is 5.69 Å². The summed E-state index contributed by atoms with van der Waals surface area (Å²) < 4.78 is 0. The molecular formula is C15H19N3. The number of nitrogens with one attached hydrogen (secondary N) is 1. The number of nitrogen functional groups attached to an aromatic ring is 1. The van der Waals surface area contributed by atoms with Gasteiger partial charge in [-0.25, -0.2) is 4.98 Å². The molecule has 2 rings (SSSR count). The van der Waals surface area contributed by atoms with Crippen LogP contribution in [0, 0.1) is 6.92 Å². The number of hydrogen-bond acceptors (Lipinski definition) is 3. The Labute approximate surface area is 108 Å². The van der Waals surface area contributed by atoms with Crippen LogP contribution in [0.15, 0.2) is 36.5 Å². The molecule has 0 spiro atoms. The second-order valence-corrected chi connectivity index (χ2v) is 4.43. The molecule has 1 aromatic heterocycles. The maximum atomic E-state index is 5.93. The van der Waals surface area contributed by atoms with Crippen LogP contribution in [0.25, 0.3) is 0 Å². The molecule has 3 nitrogen and oxygen atoms in total. The maximum Gasteiger partial charge on any atom is 0.149 e. The summed E-state index contributed by atoms with van der Waals surface area (Å²) in [7, 11) is 0. The zero-order chi connectivity index (χ0) is 13.0. The fourth-order valence-electron chi connectivity index (χ4n) is 1.99. The number of hydrogen-bond donors (Lipinski definition) is 2. The summed E-state index contributed by atoms with van der Waals surface area (Å²) in [5.74, 6) is 0.756. The van der Waals surface area contributed by atoms with E-state index in [1.807, 2.05) is 19.2 Å². The Morgan fingerprint density at radius 1 is 1.22 bits per heavy atom. The number of nitrogens with two attached hydrogens (primary N) is 1. The third-order valence-corrected chi connectivity index (χ3v) is 3.00. The monoisotopic (exact) mass is 241 g/mol. The van der Waals surface area contributed by atoms with Crippen molar-refractivity contribution in [2.24, 2.45) is 0 Å². The van der Waals surface area contributed by atoms with Crippen molar-refractivity contribution in [2.45, 2.75) is 26.8 Å². The van der Waals surface area contributed by atoms with Gasteiger partial charge in [-0.3, -0.25) is 0 Å². The topological polar surface area (TPSA) is 50.9 Å². The largest absolute Gasteiger partial charge is 0.396 e. The predicted molar refractivity (Wildman–Crippen MR) is 76.5 cm³/mol. The number of aromatic nitrogens is 1. The smallest absolute Gasteiger partial charge is 0.149 e. The van der Waals surface area contributed by atoms with Crippen molar-refractivity contribution >= 4 is 11.5 Å². The van der Waals surface area contributed by atoms with E-state index >= 15 is 0 Å². The molecule has 0 unspecified atom stereocenters. The Balaban J connectivity index is 2.11. The zero-order valence-electron chi connectivity index (χ0n) is 10.9. The van der Waals surface area contributed by atoms with Gasteiger partial charge < -0.3 is 11.1 Å². The lowest BCUT2D eigenvalue weighted by atomic mass is 10.1. The van der Waals surface area contributed by atoms with Gasteiger partial charge in [0.25, 0.3) is 0 Å². The Morgan fingerprint density at radius 2 is 1.94 bits per heavy atom. The minimum atomic E-state index is 0.698. The lowest BCUT2D eigenvalue weighted by Gasteiger charge is -2.11. The molecule has 0 amide bonds. The quantitative estimate of drug-likeness (QED) is 0.864. The van der Waals surface area contributed by atoms with Crippen molar-refractivity contribution in [3.63, 3.8) is 0 Å². The van der Waals surface area contributed by atoms with Gasteiger partial charge in [0.15, 0.2) is 0 Å². The summed E-state index contributed by atoms with van der Waals surface area (Å²) in [4.78, 5) is 4.31. The lowest BCUT2D eigenvalue weighted by molar-refractivity contribution is 1.03. The maximum absolute atomic E-state index is 5.93. The van der Waals surface area contributed by atoms with Crippen molar-refractivity contribution in [3.8, 4) is 0 Å². The van der Waals surface area contributed by atoms with Crippen molar-refractivity contribution in [1.82, 2.24) is 4.98 Å². The minimum absolute atomic E-state index is 0.698. The molecule has 0 atom stereocenters. The third kappa shape index (κ3) is 2.80. The molecule has 1 heterocycles. The van der Waals surface area contributed by atoms with Gasteiger partial charge in [-0.05, 0) is 36.1 Å². The van der Waals surface area contributed by atoms with E-state index in [9.17, 15) is 0 Å². The van der Waals surface area contributed by atoms with Gasteiger partial charge in [0.1, 0.15) is 5.82 Å². The summed E-state index contributed by atoms with van der Waals surface area (Å²) in [6, 6.07) is 10.4. The number of aryl methyl sites for hydroxylation is 2. The summed E-state index contributed by atoms with van der Waals surface area (Å²) in [5, 5.41) is 3.30. The van der Waals surface area contributed by atoms with E-state index in [0.717, 1.165) is 24.3 Å². The van der Waals surface area contributed by atoms with Crippen molar-refractivity contribution in [1.29, 1.82) is 0 Å². The molecule has 2 aromatic rings. The average Bonchev–Trinajstić information content (AvgIpc) is 2.38. The van der Waals surface area contributed by atoms with E-state index < -0.39 is 0 Å². The third-order valence-electron chi connectivity index (χ3n) is 3.00. The van der Waals surface area contributed by atoms with E-state index in [4.69, 9.17) is 5.73 Å². The van der Waals surface area contributed by atoms with Crippen molar-refractivity contribution < 1.29 is 0 Å². The van der Waals surface area contributed by atoms with Gasteiger partial charge in [-0.2, -0.15) is 0 Å². The zero-order valence-corrected chi connectivity index (χ0v) is 10.9. The van der Waals surface area contributed by atoms with Crippen LogP contribution >= 0.6 is 0 Å². The number of benzene rings is 1. The van der Waals surface area contributed by atoms with E-state index in [1.54, 1.807) is 0 Å². The number of anilines is 2. The summed E-state index contributed by atoms with van der Waals surface area (Å²) >= 11 is 0. The first kappa shape index (κ1) is 12.4. The molecule has 3 N–H and O–H groups in total. The highest BCUT2D eigenvalue weighted by Crippen LogP contribution is 2.18. The second kappa shape index (κ2) is 5.54. The highest BCUT2D eigenvalue weighted by atomic mass is 15.0. The predicted octanol–water partition coefficient (Wildman–Crippen LogP) is 3.15. The first-order valence-corrected chi connectivity index (χ1v) is 6.23. The summed E-state index contributed by atoms with van der Waals surface area (Å²) in [6.07, 6.45) is 2.86. The molecule has 0 saturated carbocycles. The van der Waals surface area contributed by atoms with E-state index in [1.165, 1.54) is 11.1 Å². The molecule has 3 heteroatoms. The molecule has 0 aliphatic carbocycles. The number of rotatable bonds is 4. The standard InChI is InChI=1S/C15H19N3/c1-3-12-6-4-5-7-13(12)10-18-15-14(16)8-11(2)9-17-15/h4-9H,3,10,16H2,1-2H3,(H,17,18). The van der Waals surface area contributed by atoms with Crippen LogP contribution in [0.1, 0.15) is 23.6 Å². The first-order valence-electron chi connectivity index (χ1n) is 6.23. The Bertz CT molecular complexity index is 535. The van der Waals surface area contributed by atoms with Crippen molar-refractivity contribution in [2.75, 3.05) is 11.1 Å². The van der Waals surface area contributed by atoms with Crippen LogP contribution in [0.4, 0.5) is 11.5 Å². The van der Waals surface area contributed by atoms with Gasteiger partial charge in [-0.15, -0.1) is 0 Å². The molecule has 0 saturated heterocycles. The fraction of sp³-hybridized carbons (Fsp3) is 0.267. The van der Waals surface area contributed by atoms with Crippen LogP contribution in [0.2, 0.25) is 0 Å². The Hall–Kier alpha value is -2.03. The SMILES string of the molecule is CCc1ccccc1CNc1ncc(C)cc1N. The summed E-state index contributed by atoms with van der Waals surface area (Å²) in [5.41, 5.74) is 10.4. The van der Waals surface area contributed by atoms with Crippen LogP contribution < -0.4 is 11.1 Å². The lowest BCUT2D eigenvalue weighted by Crippen LogP contribution is -2.06. The fourth-order valence-corrected chi connectivity index (χ4v) is 1.99. The van der Waals surface area contributed by atoms with Gasteiger partial charge in [0, 0.05) is 12.7 Å². The van der Waals surface area contributed by atoms with E-state index in [0.29, 0.717) is 5.69 Å². The van der Waals surface area contributed by atoms with Crippen LogP contribution in [-0.4, -0.2) is 4.98 Å². The highest BCUT2D eigenvalue weighted by molar-refractivity contribution is 5.61. The normalized spacial score (nSPS) is 10.3. The average molecular weight is 241 g/mol. The second-order valence-electron chi connectivity index (χ2n) is 4.43. The van der Waals surface area contributed by atoms with Gasteiger partial charge in [0.2, 0.25) is 0 Å².